The van der Waals surface area contributed by atoms with Gasteiger partial charge in [0.25, 0.3) is 0 Å². The summed E-state index contributed by atoms with van der Waals surface area (Å²) in [5.41, 5.74) is 6.67. The van der Waals surface area contributed by atoms with E-state index >= 15 is 0 Å². The predicted molar refractivity (Wildman–Crippen MR) is 113 cm³/mol. The minimum absolute atomic E-state index is 0.527. The number of rotatable bonds is 3. The summed E-state index contributed by atoms with van der Waals surface area (Å²) in [6, 6.07) is 27.4. The number of benzene rings is 3. The standard InChI is InChI=1S/C26H23NO/c1-18-4-10-21(11-5-18)25-22(17-27)16-26(28-25,23-12-6-19(2)7-13-23)24-14-8-20(3)9-15-24/h4-15H,16H2,1-3H3. The summed E-state index contributed by atoms with van der Waals surface area (Å²) in [5, 5.41) is 9.88. The molecule has 0 N–H and O–H groups in total. The monoisotopic (exact) mass is 365 g/mol. The third kappa shape index (κ3) is 3.10. The maximum atomic E-state index is 9.88. The van der Waals surface area contributed by atoms with Crippen LogP contribution in [0.3, 0.4) is 0 Å². The van der Waals surface area contributed by atoms with E-state index in [1.165, 1.54) is 16.7 Å². The van der Waals surface area contributed by atoms with Crippen LogP contribution in [0.25, 0.3) is 5.76 Å². The molecule has 2 heteroatoms. The lowest BCUT2D eigenvalue weighted by molar-refractivity contribution is 0.101. The third-order valence-electron chi connectivity index (χ3n) is 5.46. The van der Waals surface area contributed by atoms with Crippen molar-refractivity contribution in [1.29, 1.82) is 5.26 Å². The second-order valence-corrected chi connectivity index (χ2v) is 7.62. The Hall–Kier alpha value is -3.31. The van der Waals surface area contributed by atoms with Gasteiger partial charge in [-0.05, 0) is 20.8 Å². The smallest absolute Gasteiger partial charge is 0.164 e. The number of nitriles is 1. The highest BCUT2D eigenvalue weighted by atomic mass is 16.5. The Morgan fingerprint density at radius 3 is 1.57 bits per heavy atom. The lowest BCUT2D eigenvalue weighted by Gasteiger charge is -2.31. The van der Waals surface area contributed by atoms with E-state index in [0.29, 0.717) is 17.8 Å². The minimum Gasteiger partial charge on any atom is -0.476 e. The van der Waals surface area contributed by atoms with E-state index in [2.05, 4.69) is 87.5 Å². The normalized spacial score (nSPS) is 15.2. The molecule has 0 aliphatic carbocycles. The van der Waals surface area contributed by atoms with Crippen LogP contribution >= 0.6 is 0 Å². The molecule has 0 saturated heterocycles. The van der Waals surface area contributed by atoms with Gasteiger partial charge in [0.1, 0.15) is 5.76 Å². The van der Waals surface area contributed by atoms with Crippen molar-refractivity contribution < 1.29 is 4.74 Å². The lowest BCUT2D eigenvalue weighted by atomic mass is 9.82. The average molecular weight is 365 g/mol. The van der Waals surface area contributed by atoms with Crippen molar-refractivity contribution >= 4 is 5.76 Å². The number of aryl methyl sites for hydroxylation is 3. The van der Waals surface area contributed by atoms with Crippen molar-refractivity contribution in [3.8, 4) is 6.07 Å². The lowest BCUT2D eigenvalue weighted by Crippen LogP contribution is -2.27. The molecule has 138 valence electrons. The van der Waals surface area contributed by atoms with Gasteiger partial charge in [0, 0.05) is 23.1 Å². The fourth-order valence-electron chi connectivity index (χ4n) is 3.76. The van der Waals surface area contributed by atoms with E-state index in [9.17, 15) is 5.26 Å². The molecule has 1 aliphatic heterocycles. The first-order chi connectivity index (χ1) is 13.5. The van der Waals surface area contributed by atoms with Crippen molar-refractivity contribution in [2.75, 3.05) is 0 Å². The highest BCUT2D eigenvalue weighted by molar-refractivity contribution is 5.71. The van der Waals surface area contributed by atoms with Crippen molar-refractivity contribution in [2.45, 2.75) is 32.8 Å². The first-order valence-corrected chi connectivity index (χ1v) is 9.55. The van der Waals surface area contributed by atoms with Crippen molar-refractivity contribution in [3.05, 3.63) is 112 Å². The number of nitrogens with zero attached hydrogens (tertiary/aromatic N) is 1. The molecular weight excluding hydrogens is 342 g/mol. The zero-order chi connectivity index (χ0) is 19.7. The van der Waals surface area contributed by atoms with E-state index in [-0.39, 0.29) is 0 Å². The second kappa shape index (κ2) is 7.02. The molecule has 3 aromatic carbocycles. The van der Waals surface area contributed by atoms with Crippen LogP contribution in [0.15, 0.2) is 78.4 Å². The fourth-order valence-corrected chi connectivity index (χ4v) is 3.76. The van der Waals surface area contributed by atoms with Crippen LogP contribution in [0.1, 0.15) is 39.8 Å². The summed E-state index contributed by atoms with van der Waals surface area (Å²) in [7, 11) is 0. The molecule has 0 unspecified atom stereocenters. The van der Waals surface area contributed by atoms with Gasteiger partial charge in [0.05, 0.1) is 11.6 Å². The fraction of sp³-hybridized carbons (Fsp3) is 0.192. The quantitative estimate of drug-likeness (QED) is 0.553. The van der Waals surface area contributed by atoms with E-state index in [1.54, 1.807) is 0 Å². The second-order valence-electron chi connectivity index (χ2n) is 7.62. The summed E-state index contributed by atoms with van der Waals surface area (Å²) in [4.78, 5) is 0. The van der Waals surface area contributed by atoms with E-state index in [1.807, 2.05) is 12.1 Å². The zero-order valence-electron chi connectivity index (χ0n) is 16.5. The molecule has 0 amide bonds. The zero-order valence-corrected chi connectivity index (χ0v) is 16.5. The molecule has 3 aromatic rings. The molecule has 4 rings (SSSR count). The highest BCUT2D eigenvalue weighted by Gasteiger charge is 2.44. The molecule has 0 atom stereocenters. The Morgan fingerprint density at radius 2 is 1.14 bits per heavy atom. The predicted octanol–water partition coefficient (Wildman–Crippen LogP) is 6.21. The summed E-state index contributed by atoms with van der Waals surface area (Å²) < 4.78 is 6.69. The van der Waals surface area contributed by atoms with Gasteiger partial charge in [0.2, 0.25) is 0 Å². The highest BCUT2D eigenvalue weighted by Crippen LogP contribution is 2.49. The third-order valence-corrected chi connectivity index (χ3v) is 5.46. The first-order valence-electron chi connectivity index (χ1n) is 9.55. The molecular formula is C26H23NO. The van der Waals surface area contributed by atoms with Crippen molar-refractivity contribution in [3.63, 3.8) is 0 Å². The van der Waals surface area contributed by atoms with Crippen LogP contribution in [-0.2, 0) is 10.3 Å². The minimum atomic E-state index is -0.688. The Morgan fingerprint density at radius 1 is 0.714 bits per heavy atom. The molecule has 0 bridgehead atoms. The van der Waals surface area contributed by atoms with Crippen LogP contribution in [0.5, 0.6) is 0 Å². The molecule has 0 spiro atoms. The number of ether oxygens (including phenoxy) is 1. The molecule has 0 saturated carbocycles. The maximum absolute atomic E-state index is 9.88. The van der Waals surface area contributed by atoms with E-state index < -0.39 is 5.60 Å². The molecule has 0 aromatic heterocycles. The van der Waals surface area contributed by atoms with Gasteiger partial charge in [-0.3, -0.25) is 0 Å². The largest absolute Gasteiger partial charge is 0.476 e. The van der Waals surface area contributed by atoms with Gasteiger partial charge in [-0.25, -0.2) is 0 Å². The van der Waals surface area contributed by atoms with Gasteiger partial charge < -0.3 is 4.74 Å². The molecule has 0 fully saturated rings. The summed E-state index contributed by atoms with van der Waals surface area (Å²) in [5.74, 6) is 0.684. The van der Waals surface area contributed by atoms with Crippen LogP contribution in [0, 0.1) is 32.1 Å². The summed E-state index contributed by atoms with van der Waals surface area (Å²) in [6.07, 6.45) is 0.527. The average Bonchev–Trinajstić information content (AvgIpc) is 3.10. The number of hydrogen-bond acceptors (Lipinski definition) is 2. The summed E-state index contributed by atoms with van der Waals surface area (Å²) >= 11 is 0. The van der Waals surface area contributed by atoms with Crippen molar-refractivity contribution in [2.24, 2.45) is 0 Å². The Kier molecular flexibility index (Phi) is 4.53. The molecule has 1 heterocycles. The molecule has 1 aliphatic rings. The van der Waals surface area contributed by atoms with Crippen LogP contribution in [0.2, 0.25) is 0 Å². The Balaban J connectivity index is 1.86. The van der Waals surface area contributed by atoms with Crippen LogP contribution in [0.4, 0.5) is 0 Å². The van der Waals surface area contributed by atoms with Crippen LogP contribution in [-0.4, -0.2) is 0 Å². The SMILES string of the molecule is Cc1ccc(C2=C(C#N)CC(c3ccc(C)cc3)(c3ccc(C)cc3)O2)cc1. The first kappa shape index (κ1) is 18.1. The number of hydrogen-bond donors (Lipinski definition) is 0. The van der Waals surface area contributed by atoms with E-state index in [4.69, 9.17) is 4.74 Å². The van der Waals surface area contributed by atoms with Gasteiger partial charge >= 0.3 is 0 Å². The topological polar surface area (TPSA) is 33.0 Å². The van der Waals surface area contributed by atoms with Gasteiger partial charge in [-0.1, -0.05) is 89.5 Å². The van der Waals surface area contributed by atoms with E-state index in [0.717, 1.165) is 16.7 Å². The maximum Gasteiger partial charge on any atom is 0.164 e. The van der Waals surface area contributed by atoms with Gasteiger partial charge in [-0.15, -0.1) is 0 Å². The van der Waals surface area contributed by atoms with Gasteiger partial charge in [0.15, 0.2) is 5.60 Å². The Bertz CT molecular complexity index is 1020. The molecule has 0 radical (unpaired) electrons. The van der Waals surface area contributed by atoms with Crippen LogP contribution < -0.4 is 0 Å². The van der Waals surface area contributed by atoms with Crippen molar-refractivity contribution in [1.82, 2.24) is 0 Å². The summed E-state index contributed by atoms with van der Waals surface area (Å²) in [6.45, 7) is 6.21. The molecule has 28 heavy (non-hydrogen) atoms. The molecule has 2 nitrogen and oxygen atoms in total. The van der Waals surface area contributed by atoms with Gasteiger partial charge in [-0.2, -0.15) is 5.26 Å². The Labute approximate surface area is 166 Å².